The molecule has 224 valence electrons. The highest BCUT2D eigenvalue weighted by Gasteiger charge is 2.20. The molecule has 0 atom stereocenters. The van der Waals surface area contributed by atoms with Crippen molar-refractivity contribution in [2.24, 2.45) is 0 Å². The maximum atomic E-state index is 6.51. The normalized spacial score (nSPS) is 12.2. The molecule has 11 rings (SSSR count). The van der Waals surface area contributed by atoms with E-state index >= 15 is 0 Å². The Morgan fingerprint density at radius 2 is 0.938 bits per heavy atom. The van der Waals surface area contributed by atoms with Crippen LogP contribution in [0.4, 0.5) is 0 Å². The van der Waals surface area contributed by atoms with Crippen molar-refractivity contribution in [1.82, 2.24) is 9.13 Å². The molecule has 4 nitrogen and oxygen atoms in total. The minimum absolute atomic E-state index is 0.864. The number of rotatable bonds is 3. The summed E-state index contributed by atoms with van der Waals surface area (Å²) in [6.07, 6.45) is 0. The van der Waals surface area contributed by atoms with Crippen LogP contribution in [0, 0.1) is 0 Å². The Bertz CT molecular complexity index is 3010. The molecule has 7 aromatic carbocycles. The number of hydrogen-bond acceptors (Lipinski definition) is 2. The maximum absolute atomic E-state index is 6.51. The summed E-state index contributed by atoms with van der Waals surface area (Å²) in [4.78, 5) is 0. The monoisotopic (exact) mass is 614 g/mol. The zero-order chi connectivity index (χ0) is 31.3. The molecular weight excluding hydrogens is 588 g/mol. The molecule has 0 bridgehead atoms. The summed E-state index contributed by atoms with van der Waals surface area (Å²) in [5, 5.41) is 8.15. The van der Waals surface area contributed by atoms with Gasteiger partial charge in [-0.25, -0.2) is 0 Å². The lowest BCUT2D eigenvalue weighted by molar-refractivity contribution is 0.645. The highest BCUT2D eigenvalue weighted by Crippen LogP contribution is 2.41. The van der Waals surface area contributed by atoms with Gasteiger partial charge < -0.3 is 13.4 Å². The fraction of sp³-hybridized carbons (Fsp3) is 0. The van der Waals surface area contributed by atoms with E-state index in [1.807, 2.05) is 18.2 Å². The minimum atomic E-state index is 0.864. The van der Waals surface area contributed by atoms with Crippen LogP contribution in [0.15, 0.2) is 167 Å². The molecule has 4 heteroatoms. The van der Waals surface area contributed by atoms with Gasteiger partial charge in [-0.05, 0) is 77.9 Å². The third-order valence-corrected chi connectivity index (χ3v) is 9.93. The highest BCUT2D eigenvalue weighted by molar-refractivity contribution is 6.20. The number of fused-ring (bicyclic) bond motifs is 11. The number of furan rings is 2. The Hall–Kier alpha value is -6.52. The maximum Gasteiger partial charge on any atom is 0.213 e. The lowest BCUT2D eigenvalue weighted by Gasteiger charge is -2.09. The van der Waals surface area contributed by atoms with E-state index < -0.39 is 0 Å². The molecule has 0 amide bonds. The first-order valence-corrected chi connectivity index (χ1v) is 16.3. The Balaban J connectivity index is 1.12. The standard InChI is InChI=1S/C44H26N2O2/c1-2-10-29(11-3-1)46-39-25-28(18-21-33(39)43-34-14-6-9-17-40(34)48-44(43)46)27-19-22-41-35(24-27)36-26-30(20-23-42(36)47-41)45-37-15-7-4-12-31(37)32-13-5-8-16-38(32)45/h1-26H. The predicted octanol–water partition coefficient (Wildman–Crippen LogP) is 12.2. The molecule has 11 aromatic rings. The van der Waals surface area contributed by atoms with Crippen LogP contribution >= 0.6 is 0 Å². The number of hydrogen-bond donors (Lipinski definition) is 0. The number of nitrogens with zero attached hydrogens (tertiary/aromatic N) is 2. The van der Waals surface area contributed by atoms with Crippen LogP contribution in [0.1, 0.15) is 0 Å². The molecule has 4 heterocycles. The zero-order valence-corrected chi connectivity index (χ0v) is 25.7. The van der Waals surface area contributed by atoms with E-state index in [4.69, 9.17) is 8.83 Å². The Morgan fingerprint density at radius 1 is 0.333 bits per heavy atom. The van der Waals surface area contributed by atoms with Gasteiger partial charge in [0.1, 0.15) is 16.7 Å². The summed E-state index contributed by atoms with van der Waals surface area (Å²) < 4.78 is 17.5. The van der Waals surface area contributed by atoms with Gasteiger partial charge in [0.25, 0.3) is 0 Å². The molecule has 0 aliphatic carbocycles. The lowest BCUT2D eigenvalue weighted by Crippen LogP contribution is -1.93. The third kappa shape index (κ3) is 3.49. The molecule has 0 aliphatic heterocycles. The Labute approximate surface area is 274 Å². The van der Waals surface area contributed by atoms with Gasteiger partial charge in [0.05, 0.1) is 21.9 Å². The summed E-state index contributed by atoms with van der Waals surface area (Å²) in [5.74, 6) is 0. The van der Waals surface area contributed by atoms with E-state index in [0.29, 0.717) is 0 Å². The number of aromatic nitrogens is 2. The van der Waals surface area contributed by atoms with E-state index in [2.05, 4.69) is 149 Å². The first kappa shape index (κ1) is 25.6. The fourth-order valence-electron chi connectivity index (χ4n) is 7.79. The van der Waals surface area contributed by atoms with Crippen LogP contribution in [0.2, 0.25) is 0 Å². The van der Waals surface area contributed by atoms with Crippen molar-refractivity contribution >= 4 is 76.7 Å². The van der Waals surface area contributed by atoms with Crippen molar-refractivity contribution in [3.63, 3.8) is 0 Å². The molecule has 0 saturated carbocycles. The average Bonchev–Trinajstić information content (AvgIpc) is 3.88. The summed E-state index contributed by atoms with van der Waals surface area (Å²) in [6.45, 7) is 0. The van der Waals surface area contributed by atoms with E-state index in [9.17, 15) is 0 Å². The van der Waals surface area contributed by atoms with Crippen LogP contribution < -0.4 is 0 Å². The number of para-hydroxylation sites is 4. The highest BCUT2D eigenvalue weighted by atomic mass is 16.3. The summed E-state index contributed by atoms with van der Waals surface area (Å²) in [7, 11) is 0. The van der Waals surface area contributed by atoms with Gasteiger partial charge in [0, 0.05) is 43.7 Å². The molecule has 0 radical (unpaired) electrons. The average molecular weight is 615 g/mol. The zero-order valence-electron chi connectivity index (χ0n) is 25.7. The van der Waals surface area contributed by atoms with Crippen molar-refractivity contribution < 1.29 is 8.83 Å². The molecule has 0 aliphatic rings. The Kier molecular flexibility index (Phi) is 5.08. The van der Waals surface area contributed by atoms with Crippen molar-refractivity contribution in [3.05, 3.63) is 158 Å². The predicted molar refractivity (Wildman–Crippen MR) is 198 cm³/mol. The van der Waals surface area contributed by atoms with Gasteiger partial charge >= 0.3 is 0 Å². The minimum Gasteiger partial charge on any atom is -0.456 e. The summed E-state index contributed by atoms with van der Waals surface area (Å²) in [6, 6.07) is 55.9. The second kappa shape index (κ2) is 9.50. The van der Waals surface area contributed by atoms with E-state index in [-0.39, 0.29) is 0 Å². The van der Waals surface area contributed by atoms with Gasteiger partial charge in [-0.2, -0.15) is 0 Å². The van der Waals surface area contributed by atoms with Gasteiger partial charge in [-0.3, -0.25) is 4.57 Å². The van der Waals surface area contributed by atoms with E-state index in [0.717, 1.165) is 72.0 Å². The van der Waals surface area contributed by atoms with Gasteiger partial charge in [-0.15, -0.1) is 0 Å². The van der Waals surface area contributed by atoms with Crippen LogP contribution in [-0.2, 0) is 0 Å². The first-order valence-electron chi connectivity index (χ1n) is 16.3. The molecule has 48 heavy (non-hydrogen) atoms. The molecule has 4 aromatic heterocycles. The molecule has 0 fully saturated rings. The Morgan fingerprint density at radius 3 is 1.73 bits per heavy atom. The lowest BCUT2D eigenvalue weighted by atomic mass is 10.0. The fourth-order valence-corrected chi connectivity index (χ4v) is 7.79. The molecule has 0 spiro atoms. The SMILES string of the molecule is c1ccc(-n2c3cc(-c4ccc5oc6ccc(-n7c8ccccc8c8ccccc87)cc6c5c4)ccc3c3c4ccccc4oc32)cc1. The third-order valence-electron chi connectivity index (χ3n) is 9.93. The first-order chi connectivity index (χ1) is 23.8. The van der Waals surface area contributed by atoms with Crippen molar-refractivity contribution in [2.75, 3.05) is 0 Å². The molecule has 0 N–H and O–H groups in total. The topological polar surface area (TPSA) is 36.1 Å². The summed E-state index contributed by atoms with van der Waals surface area (Å²) in [5.41, 5.74) is 11.5. The van der Waals surface area contributed by atoms with Crippen molar-refractivity contribution in [1.29, 1.82) is 0 Å². The van der Waals surface area contributed by atoms with Gasteiger partial charge in [-0.1, -0.05) is 91.0 Å². The van der Waals surface area contributed by atoms with E-state index in [1.54, 1.807) is 0 Å². The second-order valence-corrected chi connectivity index (χ2v) is 12.5. The van der Waals surface area contributed by atoms with Crippen LogP contribution in [0.25, 0.3) is 99.2 Å². The second-order valence-electron chi connectivity index (χ2n) is 12.5. The van der Waals surface area contributed by atoms with Crippen molar-refractivity contribution in [3.8, 4) is 22.5 Å². The van der Waals surface area contributed by atoms with Crippen LogP contribution in [0.3, 0.4) is 0 Å². The molecule has 0 unspecified atom stereocenters. The van der Waals surface area contributed by atoms with Crippen LogP contribution in [0.5, 0.6) is 0 Å². The smallest absolute Gasteiger partial charge is 0.213 e. The molecular formula is C44H26N2O2. The summed E-state index contributed by atoms with van der Waals surface area (Å²) >= 11 is 0. The quantitative estimate of drug-likeness (QED) is 0.198. The van der Waals surface area contributed by atoms with Crippen LogP contribution in [-0.4, -0.2) is 9.13 Å². The van der Waals surface area contributed by atoms with Crippen molar-refractivity contribution in [2.45, 2.75) is 0 Å². The molecule has 0 saturated heterocycles. The van der Waals surface area contributed by atoms with Gasteiger partial charge in [0.15, 0.2) is 0 Å². The number of benzene rings is 7. The van der Waals surface area contributed by atoms with E-state index in [1.165, 1.54) is 27.2 Å². The largest absolute Gasteiger partial charge is 0.456 e. The van der Waals surface area contributed by atoms with Gasteiger partial charge in [0.2, 0.25) is 5.71 Å².